The van der Waals surface area contributed by atoms with Crippen LogP contribution in [0.2, 0.25) is 0 Å². The summed E-state index contributed by atoms with van der Waals surface area (Å²) in [6.45, 7) is 0.415. The molecular formula is C19H20N2O3S. The molecule has 0 radical (unpaired) electrons. The van der Waals surface area contributed by atoms with E-state index in [4.69, 9.17) is 6.42 Å². The Balaban J connectivity index is 1.91. The third-order valence-corrected chi connectivity index (χ3v) is 4.94. The average molecular weight is 356 g/mol. The summed E-state index contributed by atoms with van der Waals surface area (Å²) in [5, 5.41) is 2.80. The number of rotatable bonds is 8. The molecule has 0 fully saturated rings. The van der Waals surface area contributed by atoms with Gasteiger partial charge < -0.3 is 5.32 Å². The second-order valence-corrected chi connectivity index (χ2v) is 7.17. The van der Waals surface area contributed by atoms with Crippen LogP contribution in [0.15, 0.2) is 59.5 Å². The van der Waals surface area contributed by atoms with Gasteiger partial charge in [-0.15, -0.1) is 6.42 Å². The predicted molar refractivity (Wildman–Crippen MR) is 97.6 cm³/mol. The van der Waals surface area contributed by atoms with Gasteiger partial charge in [0.05, 0.1) is 11.4 Å². The van der Waals surface area contributed by atoms with Crippen molar-refractivity contribution in [2.75, 3.05) is 13.1 Å². The largest absolute Gasteiger partial charge is 0.352 e. The molecule has 2 N–H and O–H groups in total. The van der Waals surface area contributed by atoms with Crippen molar-refractivity contribution in [1.29, 1.82) is 0 Å². The number of hydrogen-bond acceptors (Lipinski definition) is 3. The minimum atomic E-state index is -3.71. The summed E-state index contributed by atoms with van der Waals surface area (Å²) in [5.74, 6) is 1.91. The molecule has 0 heterocycles. The van der Waals surface area contributed by atoms with E-state index in [1.165, 1.54) is 23.8 Å². The fourth-order valence-corrected chi connectivity index (χ4v) is 3.25. The second-order valence-electron chi connectivity index (χ2n) is 5.40. The number of carbonyl (C=O) groups excluding carboxylic acids is 1. The van der Waals surface area contributed by atoms with Crippen molar-refractivity contribution in [2.45, 2.75) is 17.7 Å². The van der Waals surface area contributed by atoms with E-state index in [0.717, 1.165) is 12.8 Å². The molecule has 6 heteroatoms. The maximum Gasteiger partial charge on any atom is 0.251 e. The van der Waals surface area contributed by atoms with Crippen molar-refractivity contribution in [3.05, 3.63) is 65.7 Å². The van der Waals surface area contributed by atoms with Gasteiger partial charge in [0.1, 0.15) is 0 Å². The van der Waals surface area contributed by atoms with Crippen LogP contribution in [0.25, 0.3) is 0 Å². The van der Waals surface area contributed by atoms with Crippen molar-refractivity contribution < 1.29 is 13.2 Å². The van der Waals surface area contributed by atoms with Crippen LogP contribution in [0, 0.1) is 12.3 Å². The lowest BCUT2D eigenvalue weighted by Crippen LogP contribution is -2.26. The molecule has 2 rings (SSSR count). The van der Waals surface area contributed by atoms with Crippen molar-refractivity contribution in [1.82, 2.24) is 10.0 Å². The van der Waals surface area contributed by atoms with E-state index in [1.54, 1.807) is 6.07 Å². The van der Waals surface area contributed by atoms with Crippen LogP contribution in [0.4, 0.5) is 0 Å². The van der Waals surface area contributed by atoms with Crippen molar-refractivity contribution in [3.8, 4) is 12.3 Å². The lowest BCUT2D eigenvalue weighted by atomic mass is 10.1. The summed E-state index contributed by atoms with van der Waals surface area (Å²) in [6.07, 6.45) is 6.73. The third-order valence-electron chi connectivity index (χ3n) is 3.54. The van der Waals surface area contributed by atoms with E-state index in [9.17, 15) is 13.2 Å². The maximum atomic E-state index is 12.2. The lowest BCUT2D eigenvalue weighted by Gasteiger charge is -2.08. The summed E-state index contributed by atoms with van der Waals surface area (Å²) >= 11 is 0. The molecule has 0 spiro atoms. The molecule has 0 aromatic heterocycles. The summed E-state index contributed by atoms with van der Waals surface area (Å²) in [6, 6.07) is 15.9. The molecule has 0 saturated heterocycles. The molecule has 0 unspecified atom stereocenters. The highest BCUT2D eigenvalue weighted by Crippen LogP contribution is 2.11. The highest BCUT2D eigenvalue weighted by atomic mass is 32.2. The number of carbonyl (C=O) groups is 1. The number of aryl methyl sites for hydroxylation is 1. The summed E-state index contributed by atoms with van der Waals surface area (Å²) < 4.78 is 26.4. The Kier molecular flexibility index (Phi) is 6.75. The average Bonchev–Trinajstić information content (AvgIpc) is 2.64. The van der Waals surface area contributed by atoms with Gasteiger partial charge in [-0.2, -0.15) is 4.72 Å². The predicted octanol–water partition coefficient (Wildman–Crippen LogP) is 1.96. The zero-order chi connectivity index (χ0) is 18.1. The van der Waals surface area contributed by atoms with Gasteiger partial charge in [0.2, 0.25) is 10.0 Å². The number of amides is 1. The molecule has 1 amide bonds. The SMILES string of the molecule is C#CCNS(=O)(=O)c1cccc(C(=O)NCCCc2ccccc2)c1. The van der Waals surface area contributed by atoms with Crippen LogP contribution < -0.4 is 10.0 Å². The Morgan fingerprint density at radius 2 is 1.84 bits per heavy atom. The third kappa shape index (κ3) is 5.75. The molecule has 0 saturated carbocycles. The zero-order valence-electron chi connectivity index (χ0n) is 13.7. The second kappa shape index (κ2) is 9.02. The molecule has 0 atom stereocenters. The molecule has 0 aliphatic carbocycles. The first-order valence-electron chi connectivity index (χ1n) is 7.88. The number of benzene rings is 2. The summed E-state index contributed by atoms with van der Waals surface area (Å²) in [7, 11) is -3.71. The molecule has 130 valence electrons. The van der Waals surface area contributed by atoms with Gasteiger partial charge in [-0.1, -0.05) is 42.3 Å². The first kappa shape index (κ1) is 18.7. The number of hydrogen-bond donors (Lipinski definition) is 2. The van der Waals surface area contributed by atoms with E-state index >= 15 is 0 Å². The van der Waals surface area contributed by atoms with Crippen LogP contribution in [0.5, 0.6) is 0 Å². The fraction of sp³-hybridized carbons (Fsp3) is 0.211. The first-order chi connectivity index (χ1) is 12.0. The monoisotopic (exact) mass is 356 g/mol. The van der Waals surface area contributed by atoms with Gasteiger partial charge in [0, 0.05) is 12.1 Å². The minimum Gasteiger partial charge on any atom is -0.352 e. The molecule has 0 bridgehead atoms. The molecular weight excluding hydrogens is 336 g/mol. The molecule has 0 aliphatic heterocycles. The number of terminal acetylenes is 1. The Morgan fingerprint density at radius 3 is 2.56 bits per heavy atom. The van der Waals surface area contributed by atoms with E-state index < -0.39 is 10.0 Å². The van der Waals surface area contributed by atoms with Gasteiger partial charge in [0.15, 0.2) is 0 Å². The Hall–Kier alpha value is -2.62. The number of nitrogens with one attached hydrogen (secondary N) is 2. The molecule has 2 aromatic carbocycles. The van der Waals surface area contributed by atoms with Crippen LogP contribution in [0.3, 0.4) is 0 Å². The highest BCUT2D eigenvalue weighted by Gasteiger charge is 2.15. The standard InChI is InChI=1S/C19H20N2O3S/c1-2-13-21-25(23,24)18-12-6-11-17(15-18)19(22)20-14-7-10-16-8-4-3-5-9-16/h1,3-6,8-9,11-12,15,21H,7,10,13-14H2,(H,20,22). The number of sulfonamides is 1. The lowest BCUT2D eigenvalue weighted by molar-refractivity contribution is 0.0953. The smallest absolute Gasteiger partial charge is 0.251 e. The quantitative estimate of drug-likeness (QED) is 0.561. The van der Waals surface area contributed by atoms with Gasteiger partial charge in [-0.05, 0) is 36.6 Å². The van der Waals surface area contributed by atoms with E-state index in [0.29, 0.717) is 12.1 Å². The van der Waals surface area contributed by atoms with Gasteiger partial charge in [0.25, 0.3) is 5.91 Å². The highest BCUT2D eigenvalue weighted by molar-refractivity contribution is 7.89. The van der Waals surface area contributed by atoms with Gasteiger partial charge in [-0.25, -0.2) is 8.42 Å². The molecule has 0 aliphatic rings. The Bertz CT molecular complexity index is 856. The molecule has 2 aromatic rings. The normalized spacial score (nSPS) is 10.8. The Morgan fingerprint density at radius 1 is 1.08 bits per heavy atom. The Labute approximate surface area is 148 Å². The van der Waals surface area contributed by atoms with Gasteiger partial charge in [-0.3, -0.25) is 4.79 Å². The van der Waals surface area contributed by atoms with Crippen LogP contribution in [-0.4, -0.2) is 27.4 Å². The zero-order valence-corrected chi connectivity index (χ0v) is 14.6. The fourth-order valence-electron chi connectivity index (χ4n) is 2.27. The van der Waals surface area contributed by atoms with Gasteiger partial charge >= 0.3 is 0 Å². The first-order valence-corrected chi connectivity index (χ1v) is 9.36. The van der Waals surface area contributed by atoms with E-state index in [-0.39, 0.29) is 17.3 Å². The summed E-state index contributed by atoms with van der Waals surface area (Å²) in [5.41, 5.74) is 1.51. The topological polar surface area (TPSA) is 75.3 Å². The van der Waals surface area contributed by atoms with Crippen molar-refractivity contribution in [3.63, 3.8) is 0 Å². The minimum absolute atomic E-state index is 0.0136. The van der Waals surface area contributed by atoms with Crippen LogP contribution in [0.1, 0.15) is 22.3 Å². The molecule has 5 nitrogen and oxygen atoms in total. The maximum absolute atomic E-state index is 12.2. The van der Waals surface area contributed by atoms with Crippen molar-refractivity contribution >= 4 is 15.9 Å². The summed E-state index contributed by atoms with van der Waals surface area (Å²) in [4.78, 5) is 12.2. The van der Waals surface area contributed by atoms with E-state index in [1.807, 2.05) is 30.3 Å². The van der Waals surface area contributed by atoms with Crippen molar-refractivity contribution in [2.24, 2.45) is 0 Å². The molecule has 25 heavy (non-hydrogen) atoms. The van der Waals surface area contributed by atoms with Crippen LogP contribution >= 0.6 is 0 Å². The van der Waals surface area contributed by atoms with E-state index in [2.05, 4.69) is 16.0 Å². The van der Waals surface area contributed by atoms with Crippen LogP contribution in [-0.2, 0) is 16.4 Å².